The lowest BCUT2D eigenvalue weighted by atomic mass is 11.2. The van der Waals surface area contributed by atoms with Gasteiger partial charge in [-0.05, 0) is 0 Å². The maximum Gasteiger partial charge on any atom is 0.383 e. The molecule has 42 valence electrons. The van der Waals surface area contributed by atoms with Gasteiger partial charge in [-0.25, -0.2) is 0 Å². The fourth-order valence-electron chi connectivity index (χ4n) is 0. The molecule has 0 aliphatic heterocycles. The van der Waals surface area contributed by atoms with Crippen LogP contribution in [0.1, 0.15) is 0 Å². The van der Waals surface area contributed by atoms with Crippen LogP contribution in [0.4, 0.5) is 4.39 Å². The Hall–Kier alpha value is -0.180. The Labute approximate surface area is 39.6 Å². The third-order valence-corrected chi connectivity index (χ3v) is 0.948. The monoisotopic (exact) mass is 126 g/mol. The molecular formula is C2H4FO3P. The van der Waals surface area contributed by atoms with Crippen LogP contribution in [-0.2, 0) is 4.57 Å². The van der Waals surface area contributed by atoms with Crippen molar-refractivity contribution in [2.45, 2.75) is 0 Å². The molecule has 0 saturated heterocycles. The van der Waals surface area contributed by atoms with E-state index < -0.39 is 13.2 Å². The minimum absolute atomic E-state index is 1.59. The van der Waals surface area contributed by atoms with Gasteiger partial charge in [0.2, 0.25) is 5.57 Å². The molecule has 0 atom stereocenters. The number of rotatable bonds is 1. The fourth-order valence-corrected chi connectivity index (χ4v) is 0. The standard InChI is InChI=1S/C2H4FO3P/c1-2(3)7(4,5)6/h1H2,(H2,4,5,6). The summed E-state index contributed by atoms with van der Waals surface area (Å²) in [7, 11) is -4.60. The van der Waals surface area contributed by atoms with Gasteiger partial charge < -0.3 is 9.79 Å². The molecule has 0 aromatic heterocycles. The van der Waals surface area contributed by atoms with Crippen LogP contribution in [0.25, 0.3) is 0 Å². The molecule has 0 aliphatic carbocycles. The summed E-state index contributed by atoms with van der Waals surface area (Å²) in [6.45, 7) is 2.40. The highest BCUT2D eigenvalue weighted by molar-refractivity contribution is 7.56. The third-order valence-electron chi connectivity index (χ3n) is 0.316. The van der Waals surface area contributed by atoms with E-state index in [-0.39, 0.29) is 0 Å². The molecule has 0 saturated carbocycles. The van der Waals surface area contributed by atoms with Crippen molar-refractivity contribution in [1.82, 2.24) is 0 Å². The van der Waals surface area contributed by atoms with Crippen LogP contribution in [0.2, 0.25) is 0 Å². The first-order chi connectivity index (χ1) is 2.94. The topological polar surface area (TPSA) is 57.5 Å². The first-order valence-corrected chi connectivity index (χ1v) is 2.96. The van der Waals surface area contributed by atoms with Crippen LogP contribution in [0.15, 0.2) is 12.1 Å². The summed E-state index contributed by atoms with van der Waals surface area (Å²) in [6.07, 6.45) is 0. The summed E-state index contributed by atoms with van der Waals surface area (Å²) < 4.78 is 20.8. The van der Waals surface area contributed by atoms with Gasteiger partial charge in [0.15, 0.2) is 0 Å². The lowest BCUT2D eigenvalue weighted by Gasteiger charge is -1.93. The maximum atomic E-state index is 11.3. The predicted octanol–water partition coefficient (Wildman–Crippen LogP) is 0.605. The van der Waals surface area contributed by atoms with Crippen molar-refractivity contribution in [3.63, 3.8) is 0 Å². The van der Waals surface area contributed by atoms with E-state index in [9.17, 15) is 8.96 Å². The first kappa shape index (κ1) is 6.82. The van der Waals surface area contributed by atoms with Crippen LogP contribution in [0.3, 0.4) is 0 Å². The molecule has 0 fully saturated rings. The minimum atomic E-state index is -4.60. The van der Waals surface area contributed by atoms with E-state index in [0.717, 1.165) is 0 Å². The third kappa shape index (κ3) is 2.51. The van der Waals surface area contributed by atoms with E-state index in [1.54, 1.807) is 0 Å². The first-order valence-electron chi connectivity index (χ1n) is 1.35. The number of hydrogen-bond donors (Lipinski definition) is 2. The summed E-state index contributed by atoms with van der Waals surface area (Å²) in [5.41, 5.74) is -1.59. The summed E-state index contributed by atoms with van der Waals surface area (Å²) >= 11 is 0. The van der Waals surface area contributed by atoms with Crippen molar-refractivity contribution in [2.75, 3.05) is 0 Å². The zero-order valence-electron chi connectivity index (χ0n) is 3.33. The fraction of sp³-hybridized carbons (Fsp3) is 0. The van der Waals surface area contributed by atoms with Gasteiger partial charge in [-0.3, -0.25) is 4.57 Å². The molecule has 0 radical (unpaired) electrons. The van der Waals surface area contributed by atoms with Crippen molar-refractivity contribution in [1.29, 1.82) is 0 Å². The largest absolute Gasteiger partial charge is 0.383 e. The van der Waals surface area contributed by atoms with Gasteiger partial charge in [0.05, 0.1) is 0 Å². The Kier molecular flexibility index (Phi) is 1.69. The molecule has 0 rings (SSSR count). The smallest absolute Gasteiger partial charge is 0.319 e. The maximum absolute atomic E-state index is 11.3. The molecule has 3 nitrogen and oxygen atoms in total. The molecule has 0 aliphatic rings. The van der Waals surface area contributed by atoms with Crippen molar-refractivity contribution in [3.05, 3.63) is 12.1 Å². The highest BCUT2D eigenvalue weighted by Gasteiger charge is 2.16. The molecule has 0 spiro atoms. The summed E-state index contributed by atoms with van der Waals surface area (Å²) in [4.78, 5) is 15.5. The normalized spacial score (nSPS) is 11.3. The van der Waals surface area contributed by atoms with E-state index in [1.165, 1.54) is 0 Å². The molecule has 5 heteroatoms. The molecule has 7 heavy (non-hydrogen) atoms. The van der Waals surface area contributed by atoms with E-state index >= 15 is 0 Å². The van der Waals surface area contributed by atoms with Gasteiger partial charge in [-0.2, -0.15) is 4.39 Å². The highest BCUT2D eigenvalue weighted by atomic mass is 31.2. The molecular weight excluding hydrogens is 122 g/mol. The van der Waals surface area contributed by atoms with Crippen LogP contribution in [-0.4, -0.2) is 9.79 Å². The van der Waals surface area contributed by atoms with Crippen molar-refractivity contribution >= 4 is 7.60 Å². The van der Waals surface area contributed by atoms with Gasteiger partial charge in [-0.15, -0.1) is 0 Å². The predicted molar refractivity (Wildman–Crippen MR) is 22.3 cm³/mol. The Morgan fingerprint density at radius 1 is 1.71 bits per heavy atom. The van der Waals surface area contributed by atoms with Crippen LogP contribution >= 0.6 is 7.60 Å². The van der Waals surface area contributed by atoms with E-state index in [2.05, 4.69) is 6.58 Å². The van der Waals surface area contributed by atoms with Gasteiger partial charge in [0, 0.05) is 0 Å². The molecule has 0 heterocycles. The van der Waals surface area contributed by atoms with Crippen LogP contribution in [0, 0.1) is 0 Å². The number of halogens is 1. The second-order valence-corrected chi connectivity index (χ2v) is 2.49. The van der Waals surface area contributed by atoms with E-state index in [1.807, 2.05) is 0 Å². The molecule has 0 amide bonds. The Bertz CT molecular complexity index is 125. The van der Waals surface area contributed by atoms with Crippen molar-refractivity contribution < 1.29 is 18.7 Å². The van der Waals surface area contributed by atoms with Crippen LogP contribution in [0.5, 0.6) is 0 Å². The molecule has 2 N–H and O–H groups in total. The van der Waals surface area contributed by atoms with Crippen molar-refractivity contribution in [3.8, 4) is 0 Å². The van der Waals surface area contributed by atoms with Gasteiger partial charge in [0.1, 0.15) is 0 Å². The zero-order valence-corrected chi connectivity index (χ0v) is 4.23. The summed E-state index contributed by atoms with van der Waals surface area (Å²) in [5, 5.41) is 0. The minimum Gasteiger partial charge on any atom is -0.319 e. The SMILES string of the molecule is C=C(F)P(=O)(O)O. The lowest BCUT2D eigenvalue weighted by molar-refractivity contribution is 0.369. The molecule has 0 bridgehead atoms. The number of hydrogen-bond acceptors (Lipinski definition) is 1. The van der Waals surface area contributed by atoms with Crippen LogP contribution < -0.4 is 0 Å². The van der Waals surface area contributed by atoms with Crippen molar-refractivity contribution in [2.24, 2.45) is 0 Å². The average Bonchev–Trinajstić information content (AvgIpc) is 1.31. The second kappa shape index (κ2) is 1.74. The van der Waals surface area contributed by atoms with Gasteiger partial charge >= 0.3 is 7.60 Å². The van der Waals surface area contributed by atoms with E-state index in [0.29, 0.717) is 0 Å². The molecule has 0 aromatic carbocycles. The lowest BCUT2D eigenvalue weighted by Crippen LogP contribution is -1.72. The van der Waals surface area contributed by atoms with Gasteiger partial charge in [0.25, 0.3) is 0 Å². The van der Waals surface area contributed by atoms with E-state index in [4.69, 9.17) is 9.79 Å². The Morgan fingerprint density at radius 2 is 1.86 bits per heavy atom. The quantitative estimate of drug-likeness (QED) is 0.506. The summed E-state index contributed by atoms with van der Waals surface area (Å²) in [5.74, 6) is 0. The Balaban J connectivity index is 4.09. The second-order valence-electron chi connectivity index (χ2n) is 0.920. The van der Waals surface area contributed by atoms with Gasteiger partial charge in [-0.1, -0.05) is 6.58 Å². The molecule has 0 aromatic rings. The molecule has 0 unspecified atom stereocenters. The zero-order chi connectivity index (χ0) is 6.08. The average molecular weight is 126 g/mol. The summed E-state index contributed by atoms with van der Waals surface area (Å²) in [6, 6.07) is 0. The highest BCUT2D eigenvalue weighted by Crippen LogP contribution is 2.43. The Morgan fingerprint density at radius 3 is 1.86 bits per heavy atom.